The zero-order valence-corrected chi connectivity index (χ0v) is 12.9. The first-order valence-corrected chi connectivity index (χ1v) is 8.28. The predicted molar refractivity (Wildman–Crippen MR) is 78.6 cm³/mol. The van der Waals surface area contributed by atoms with Crippen molar-refractivity contribution in [1.29, 1.82) is 0 Å². The number of rotatable bonds is 8. The van der Waals surface area contributed by atoms with Crippen molar-refractivity contribution in [3.8, 4) is 0 Å². The number of hydrogen-bond acceptors (Lipinski definition) is 4. The molecule has 2 saturated carbocycles. The second-order valence-electron chi connectivity index (χ2n) is 6.07. The second kappa shape index (κ2) is 7.99. The summed E-state index contributed by atoms with van der Waals surface area (Å²) in [6, 6.07) is 0.197. The molecule has 4 nitrogen and oxygen atoms in total. The Labute approximate surface area is 122 Å². The molecule has 0 aromatic rings. The lowest BCUT2D eigenvalue weighted by molar-refractivity contribution is -0.148. The highest BCUT2D eigenvalue weighted by molar-refractivity contribution is 5.76. The van der Waals surface area contributed by atoms with Crippen LogP contribution in [0, 0.1) is 5.92 Å². The molecule has 20 heavy (non-hydrogen) atoms. The van der Waals surface area contributed by atoms with Crippen LogP contribution in [0.4, 0.5) is 0 Å². The monoisotopic (exact) mass is 283 g/mol. The average molecular weight is 283 g/mol. The van der Waals surface area contributed by atoms with E-state index >= 15 is 0 Å². The Bertz CT molecular complexity index is 304. The molecule has 2 fully saturated rings. The summed E-state index contributed by atoms with van der Waals surface area (Å²) in [4.78, 5) is 12.0. The van der Waals surface area contributed by atoms with Gasteiger partial charge in [0.1, 0.15) is 6.04 Å². The fraction of sp³-hybridized carbons (Fsp3) is 0.938. The summed E-state index contributed by atoms with van der Waals surface area (Å²) in [5.41, 5.74) is 0. The van der Waals surface area contributed by atoms with Crippen LogP contribution >= 0.6 is 0 Å². The lowest BCUT2D eigenvalue weighted by atomic mass is 9.85. The Morgan fingerprint density at radius 1 is 1.20 bits per heavy atom. The molecule has 3 unspecified atom stereocenters. The number of ether oxygens (including phenoxy) is 2. The van der Waals surface area contributed by atoms with E-state index in [4.69, 9.17) is 9.47 Å². The van der Waals surface area contributed by atoms with E-state index in [1.807, 2.05) is 6.92 Å². The molecule has 0 saturated heterocycles. The fourth-order valence-electron chi connectivity index (χ4n) is 3.04. The summed E-state index contributed by atoms with van der Waals surface area (Å²) in [5, 5.41) is 3.35. The Balaban J connectivity index is 1.81. The molecular formula is C16H29NO3. The molecule has 0 spiro atoms. The van der Waals surface area contributed by atoms with E-state index in [9.17, 15) is 4.79 Å². The molecule has 0 heterocycles. The van der Waals surface area contributed by atoms with Crippen LogP contribution in [0.1, 0.15) is 58.8 Å². The molecular weight excluding hydrogens is 254 g/mol. The van der Waals surface area contributed by atoms with Crippen LogP contribution in [-0.2, 0) is 14.3 Å². The van der Waals surface area contributed by atoms with Gasteiger partial charge in [-0.15, -0.1) is 0 Å². The standard InChI is InChI=1S/C16H29NO3/c1-3-12-7-5-6-8-15(12)20-11-14(16(18)19-4-2)17-13-9-10-13/h12-15,17H,3-11H2,1-2H3. The van der Waals surface area contributed by atoms with Crippen LogP contribution < -0.4 is 5.32 Å². The van der Waals surface area contributed by atoms with Crippen molar-refractivity contribution in [2.75, 3.05) is 13.2 Å². The molecule has 1 N–H and O–H groups in total. The number of carbonyl (C=O) groups excluding carboxylic acids is 1. The molecule has 0 aromatic carbocycles. The highest BCUT2D eigenvalue weighted by atomic mass is 16.5. The maximum atomic E-state index is 12.0. The van der Waals surface area contributed by atoms with Gasteiger partial charge in [0.15, 0.2) is 0 Å². The van der Waals surface area contributed by atoms with E-state index in [1.165, 1.54) is 25.7 Å². The van der Waals surface area contributed by atoms with Crippen molar-refractivity contribution < 1.29 is 14.3 Å². The Hall–Kier alpha value is -0.610. The first-order chi connectivity index (χ1) is 9.74. The number of esters is 1. The highest BCUT2D eigenvalue weighted by Crippen LogP contribution is 2.29. The third kappa shape index (κ3) is 4.74. The van der Waals surface area contributed by atoms with E-state index in [1.54, 1.807) is 0 Å². The molecule has 0 aromatic heterocycles. The van der Waals surface area contributed by atoms with Gasteiger partial charge < -0.3 is 9.47 Å². The van der Waals surface area contributed by atoms with Gasteiger partial charge in [0.25, 0.3) is 0 Å². The molecule has 0 bridgehead atoms. The molecule has 2 aliphatic carbocycles. The van der Waals surface area contributed by atoms with Gasteiger partial charge in [-0.1, -0.05) is 26.2 Å². The van der Waals surface area contributed by atoms with Gasteiger partial charge in [0.2, 0.25) is 0 Å². The van der Waals surface area contributed by atoms with Crippen molar-refractivity contribution in [3.05, 3.63) is 0 Å². The molecule has 0 aliphatic heterocycles. The van der Waals surface area contributed by atoms with Crippen LogP contribution in [0.2, 0.25) is 0 Å². The summed E-state index contributed by atoms with van der Waals surface area (Å²) >= 11 is 0. The zero-order valence-electron chi connectivity index (χ0n) is 12.9. The van der Waals surface area contributed by atoms with Crippen molar-refractivity contribution >= 4 is 5.97 Å². The van der Waals surface area contributed by atoms with Gasteiger partial charge in [-0.2, -0.15) is 0 Å². The van der Waals surface area contributed by atoms with E-state index in [2.05, 4.69) is 12.2 Å². The summed E-state index contributed by atoms with van der Waals surface area (Å²) in [6.45, 7) is 4.97. The maximum Gasteiger partial charge on any atom is 0.325 e. The Kier molecular flexibility index (Phi) is 6.30. The number of nitrogens with one attached hydrogen (secondary N) is 1. The van der Waals surface area contributed by atoms with E-state index < -0.39 is 0 Å². The van der Waals surface area contributed by atoms with Crippen molar-refractivity contribution in [1.82, 2.24) is 5.32 Å². The fourth-order valence-corrected chi connectivity index (χ4v) is 3.04. The molecule has 3 atom stereocenters. The summed E-state index contributed by atoms with van der Waals surface area (Å²) in [6.07, 6.45) is 8.80. The van der Waals surface area contributed by atoms with Crippen molar-refractivity contribution in [2.24, 2.45) is 5.92 Å². The largest absolute Gasteiger partial charge is 0.465 e. The minimum atomic E-state index is -0.290. The molecule has 4 heteroatoms. The average Bonchev–Trinajstić information content (AvgIpc) is 3.28. The summed E-state index contributed by atoms with van der Waals surface area (Å²) in [7, 11) is 0. The first kappa shape index (κ1) is 15.8. The van der Waals surface area contributed by atoms with Gasteiger partial charge in [0.05, 0.1) is 19.3 Å². The van der Waals surface area contributed by atoms with E-state index in [-0.39, 0.29) is 12.0 Å². The van der Waals surface area contributed by atoms with Gasteiger partial charge in [-0.25, -0.2) is 0 Å². The highest BCUT2D eigenvalue weighted by Gasteiger charge is 2.31. The van der Waals surface area contributed by atoms with E-state index in [0.717, 1.165) is 19.3 Å². The lowest BCUT2D eigenvalue weighted by Gasteiger charge is -2.32. The second-order valence-corrected chi connectivity index (χ2v) is 6.07. The van der Waals surface area contributed by atoms with Crippen LogP contribution in [0.5, 0.6) is 0 Å². The summed E-state index contributed by atoms with van der Waals surface area (Å²) in [5.74, 6) is 0.496. The van der Waals surface area contributed by atoms with E-state index in [0.29, 0.717) is 31.3 Å². The predicted octanol–water partition coefficient (Wildman–Crippen LogP) is 2.66. The normalized spacial score (nSPS) is 28.1. The summed E-state index contributed by atoms with van der Waals surface area (Å²) < 4.78 is 11.2. The van der Waals surface area contributed by atoms with Crippen LogP contribution in [0.15, 0.2) is 0 Å². The minimum absolute atomic E-state index is 0.164. The van der Waals surface area contributed by atoms with Gasteiger partial charge in [-0.3, -0.25) is 10.1 Å². The molecule has 2 rings (SSSR count). The van der Waals surface area contributed by atoms with Gasteiger partial charge in [0, 0.05) is 6.04 Å². The molecule has 0 amide bonds. The lowest BCUT2D eigenvalue weighted by Crippen LogP contribution is -2.44. The Morgan fingerprint density at radius 3 is 2.60 bits per heavy atom. The molecule has 0 radical (unpaired) electrons. The quantitative estimate of drug-likeness (QED) is 0.696. The van der Waals surface area contributed by atoms with Crippen LogP contribution in [0.25, 0.3) is 0 Å². The Morgan fingerprint density at radius 2 is 1.95 bits per heavy atom. The number of hydrogen-bond donors (Lipinski definition) is 1. The van der Waals surface area contributed by atoms with Gasteiger partial charge >= 0.3 is 5.97 Å². The number of carbonyl (C=O) groups is 1. The smallest absolute Gasteiger partial charge is 0.325 e. The van der Waals surface area contributed by atoms with Crippen LogP contribution in [0.3, 0.4) is 0 Å². The SMILES string of the molecule is CCOC(=O)C(COC1CCCCC1CC)NC1CC1. The first-order valence-electron chi connectivity index (χ1n) is 8.28. The molecule has 116 valence electrons. The van der Waals surface area contributed by atoms with Gasteiger partial charge in [-0.05, 0) is 38.5 Å². The maximum absolute atomic E-state index is 12.0. The van der Waals surface area contributed by atoms with Crippen molar-refractivity contribution in [2.45, 2.75) is 77.0 Å². The zero-order chi connectivity index (χ0) is 14.4. The topological polar surface area (TPSA) is 47.6 Å². The van der Waals surface area contributed by atoms with Crippen LogP contribution in [-0.4, -0.2) is 37.4 Å². The third-order valence-electron chi connectivity index (χ3n) is 4.43. The molecule has 2 aliphatic rings. The van der Waals surface area contributed by atoms with Crippen molar-refractivity contribution in [3.63, 3.8) is 0 Å². The third-order valence-corrected chi connectivity index (χ3v) is 4.43. The minimum Gasteiger partial charge on any atom is -0.465 e.